The molecule has 0 atom stereocenters. The highest BCUT2D eigenvalue weighted by atomic mass is 35.5. The van der Waals surface area contributed by atoms with Gasteiger partial charge in [-0.15, -0.1) is 10.2 Å². The highest BCUT2D eigenvalue weighted by molar-refractivity contribution is 6.30. The van der Waals surface area contributed by atoms with Crippen LogP contribution >= 0.6 is 11.6 Å². The van der Waals surface area contributed by atoms with Gasteiger partial charge < -0.3 is 15.2 Å². The second-order valence-electron chi connectivity index (χ2n) is 5.31. The van der Waals surface area contributed by atoms with Gasteiger partial charge in [-0.2, -0.15) is 0 Å². The van der Waals surface area contributed by atoms with Crippen molar-refractivity contribution < 1.29 is 4.79 Å². The van der Waals surface area contributed by atoms with Crippen molar-refractivity contribution in [3.05, 3.63) is 40.9 Å². The van der Waals surface area contributed by atoms with Gasteiger partial charge in [0.15, 0.2) is 5.82 Å². The molecule has 2 N–H and O–H groups in total. The van der Waals surface area contributed by atoms with E-state index in [2.05, 4.69) is 25.4 Å². The summed E-state index contributed by atoms with van der Waals surface area (Å²) in [5, 5.41) is 14.6. The van der Waals surface area contributed by atoms with Crippen molar-refractivity contribution in [1.82, 2.24) is 20.1 Å². The van der Waals surface area contributed by atoms with Crippen LogP contribution in [0.15, 0.2) is 24.3 Å². The summed E-state index contributed by atoms with van der Waals surface area (Å²) in [6.07, 6.45) is 4.47. The smallest absolute Gasteiger partial charge is 0.319 e. The lowest BCUT2D eigenvalue weighted by Crippen LogP contribution is -2.29. The molecule has 116 valence electrons. The van der Waals surface area contributed by atoms with Crippen LogP contribution in [0.25, 0.3) is 0 Å². The molecule has 0 saturated heterocycles. The third-order valence-corrected chi connectivity index (χ3v) is 3.95. The SMILES string of the molecule is O=C(NCc1nnc2n1CCCCC2)Nc1ccc(Cl)cc1. The van der Waals surface area contributed by atoms with Crippen LogP contribution in [0.5, 0.6) is 0 Å². The molecule has 22 heavy (non-hydrogen) atoms. The molecule has 0 fully saturated rings. The Morgan fingerprint density at radius 1 is 1.18 bits per heavy atom. The Morgan fingerprint density at radius 2 is 2.00 bits per heavy atom. The zero-order valence-corrected chi connectivity index (χ0v) is 12.9. The van der Waals surface area contributed by atoms with Gasteiger partial charge >= 0.3 is 6.03 Å². The van der Waals surface area contributed by atoms with Gasteiger partial charge in [-0.25, -0.2) is 4.79 Å². The van der Waals surface area contributed by atoms with Crippen molar-refractivity contribution in [2.24, 2.45) is 0 Å². The minimum atomic E-state index is -0.270. The highest BCUT2D eigenvalue weighted by Crippen LogP contribution is 2.15. The van der Waals surface area contributed by atoms with Gasteiger partial charge in [-0.3, -0.25) is 0 Å². The minimum Gasteiger partial charge on any atom is -0.331 e. The third-order valence-electron chi connectivity index (χ3n) is 3.70. The molecule has 0 spiro atoms. The Balaban J connectivity index is 1.57. The van der Waals surface area contributed by atoms with Crippen molar-refractivity contribution in [3.63, 3.8) is 0 Å². The van der Waals surface area contributed by atoms with E-state index in [1.165, 1.54) is 6.42 Å². The molecule has 0 radical (unpaired) electrons. The number of rotatable bonds is 3. The third kappa shape index (κ3) is 3.57. The molecule has 0 aliphatic carbocycles. The first-order valence-electron chi connectivity index (χ1n) is 7.44. The van der Waals surface area contributed by atoms with Crippen LogP contribution in [0.3, 0.4) is 0 Å². The molecular formula is C15H18ClN5O. The second-order valence-corrected chi connectivity index (χ2v) is 5.75. The molecule has 7 heteroatoms. The summed E-state index contributed by atoms with van der Waals surface area (Å²) < 4.78 is 2.12. The summed E-state index contributed by atoms with van der Waals surface area (Å²) in [6.45, 7) is 1.30. The van der Waals surface area contributed by atoms with Crippen molar-refractivity contribution in [3.8, 4) is 0 Å². The summed E-state index contributed by atoms with van der Waals surface area (Å²) in [4.78, 5) is 11.9. The summed E-state index contributed by atoms with van der Waals surface area (Å²) >= 11 is 5.81. The maximum atomic E-state index is 11.9. The second kappa shape index (κ2) is 6.79. The largest absolute Gasteiger partial charge is 0.331 e. The molecule has 3 rings (SSSR count). The van der Waals surface area contributed by atoms with E-state index in [-0.39, 0.29) is 6.03 Å². The van der Waals surface area contributed by atoms with Crippen LogP contribution < -0.4 is 10.6 Å². The number of hydrogen-bond donors (Lipinski definition) is 2. The quantitative estimate of drug-likeness (QED) is 0.913. The molecule has 0 unspecified atom stereocenters. The number of benzene rings is 1. The average Bonchev–Trinajstić information content (AvgIpc) is 2.75. The first-order valence-corrected chi connectivity index (χ1v) is 7.81. The fourth-order valence-corrected chi connectivity index (χ4v) is 2.67. The van der Waals surface area contributed by atoms with Crippen LogP contribution in [0.4, 0.5) is 10.5 Å². The molecule has 1 aromatic carbocycles. The van der Waals surface area contributed by atoms with E-state index in [0.717, 1.165) is 37.5 Å². The predicted molar refractivity (Wildman–Crippen MR) is 84.9 cm³/mol. The van der Waals surface area contributed by atoms with Crippen molar-refractivity contribution >= 4 is 23.3 Å². The minimum absolute atomic E-state index is 0.270. The molecule has 2 amide bonds. The lowest BCUT2D eigenvalue weighted by molar-refractivity contribution is 0.251. The van der Waals surface area contributed by atoms with Gasteiger partial charge in [0.25, 0.3) is 0 Å². The van der Waals surface area contributed by atoms with E-state index in [1.54, 1.807) is 24.3 Å². The average molecular weight is 320 g/mol. The molecule has 6 nitrogen and oxygen atoms in total. The number of aromatic nitrogens is 3. The zero-order chi connectivity index (χ0) is 15.4. The number of aryl methyl sites for hydroxylation is 1. The number of halogens is 1. The van der Waals surface area contributed by atoms with Gasteiger partial charge in [0.05, 0.1) is 6.54 Å². The fourth-order valence-electron chi connectivity index (χ4n) is 2.54. The van der Waals surface area contributed by atoms with E-state index >= 15 is 0 Å². The standard InChI is InChI=1S/C15H18ClN5O/c16-11-5-7-12(8-6-11)18-15(22)17-10-14-20-19-13-4-2-1-3-9-21(13)14/h5-8H,1-4,9-10H2,(H2,17,18,22). The zero-order valence-electron chi connectivity index (χ0n) is 12.2. The van der Waals surface area contributed by atoms with Crippen molar-refractivity contribution in [2.45, 2.75) is 38.8 Å². The summed E-state index contributed by atoms with van der Waals surface area (Å²) in [5.74, 6) is 1.83. The Kier molecular flexibility index (Phi) is 4.58. The summed E-state index contributed by atoms with van der Waals surface area (Å²) in [7, 11) is 0. The van der Waals surface area contributed by atoms with Crippen LogP contribution in [0.2, 0.25) is 5.02 Å². The first kappa shape index (κ1) is 14.8. The van der Waals surface area contributed by atoms with E-state index < -0.39 is 0 Å². The fraction of sp³-hybridized carbons (Fsp3) is 0.400. The van der Waals surface area contributed by atoms with Crippen molar-refractivity contribution in [2.75, 3.05) is 5.32 Å². The monoisotopic (exact) mass is 319 g/mol. The van der Waals surface area contributed by atoms with Crippen LogP contribution in [0, 0.1) is 0 Å². The van der Waals surface area contributed by atoms with Gasteiger partial charge in [0.2, 0.25) is 0 Å². The van der Waals surface area contributed by atoms with Crippen LogP contribution in [-0.2, 0) is 19.5 Å². The molecule has 0 saturated carbocycles. The van der Waals surface area contributed by atoms with E-state index in [1.807, 2.05) is 0 Å². The lowest BCUT2D eigenvalue weighted by atomic mass is 10.2. The maximum absolute atomic E-state index is 11.9. The summed E-state index contributed by atoms with van der Waals surface area (Å²) in [5.41, 5.74) is 0.696. The Bertz CT molecular complexity index is 652. The number of amides is 2. The van der Waals surface area contributed by atoms with Gasteiger partial charge in [-0.1, -0.05) is 18.0 Å². The highest BCUT2D eigenvalue weighted by Gasteiger charge is 2.15. The molecule has 1 aliphatic rings. The van der Waals surface area contributed by atoms with Gasteiger partial charge in [0, 0.05) is 23.7 Å². The number of fused-ring (bicyclic) bond motifs is 1. The number of hydrogen-bond acceptors (Lipinski definition) is 3. The van der Waals surface area contributed by atoms with Gasteiger partial charge in [0.1, 0.15) is 5.82 Å². The Labute approximate surface area is 133 Å². The Hall–Kier alpha value is -2.08. The number of carbonyl (C=O) groups excluding carboxylic acids is 1. The molecule has 1 aromatic heterocycles. The molecule has 2 aromatic rings. The molecule has 0 bridgehead atoms. The number of anilines is 1. The number of nitrogens with one attached hydrogen (secondary N) is 2. The number of nitrogens with zero attached hydrogens (tertiary/aromatic N) is 3. The predicted octanol–water partition coefficient (Wildman–Crippen LogP) is 2.98. The van der Waals surface area contributed by atoms with E-state index in [4.69, 9.17) is 11.6 Å². The molecule has 1 aliphatic heterocycles. The molecular weight excluding hydrogens is 302 g/mol. The normalized spacial score (nSPS) is 14.0. The molecule has 2 heterocycles. The van der Waals surface area contributed by atoms with E-state index in [0.29, 0.717) is 17.3 Å². The van der Waals surface area contributed by atoms with Crippen molar-refractivity contribution in [1.29, 1.82) is 0 Å². The number of urea groups is 1. The lowest BCUT2D eigenvalue weighted by Gasteiger charge is -2.09. The Morgan fingerprint density at radius 3 is 2.82 bits per heavy atom. The summed E-state index contributed by atoms with van der Waals surface area (Å²) in [6, 6.07) is 6.70. The van der Waals surface area contributed by atoms with Crippen LogP contribution in [0.1, 0.15) is 30.9 Å². The number of carbonyl (C=O) groups is 1. The van der Waals surface area contributed by atoms with Crippen LogP contribution in [-0.4, -0.2) is 20.8 Å². The maximum Gasteiger partial charge on any atom is 0.319 e. The van der Waals surface area contributed by atoms with E-state index in [9.17, 15) is 4.79 Å². The topological polar surface area (TPSA) is 71.8 Å². The first-order chi connectivity index (χ1) is 10.7. The van der Waals surface area contributed by atoms with Gasteiger partial charge in [-0.05, 0) is 37.1 Å².